The molecule has 4 saturated heterocycles. The quantitative estimate of drug-likeness (QED) is 0.173. The van der Waals surface area contributed by atoms with Gasteiger partial charge in [0.15, 0.2) is 11.6 Å². The standard InChI is InChI=1S/C50H77NO12.Na/c1-12-36(46(55)56)38-19-18-28(4)43(60-38)32(8)41(52)31(7)42(53)37(13-2)44-29(5)26-30(6)49(61-44)23-20-39(51-45(54)34-16-15-17-35(27-34)58-11)50(63-49)25-24-47(10,62-50)40-21-22-48(57,14-3)33(9)59-40;/h15-17,20,23,27-33,36-41,43-44,52,57H,12-14,18-19,21-22,24-26H2,1-11H3,(H,51,54)(H,55,56);/q;+1/p-1/t28-,29-,30+,31-,32-,33-,36+,37-,38+,39-,40+,41+,43+,44-,47-,48+,49-,50-;/m0./s1. The number of carbonyl (C=O) groups excluding carboxylic acids is 3. The first kappa shape index (κ1) is 53.1. The van der Waals surface area contributed by atoms with Crippen LogP contribution in [0.4, 0.5) is 0 Å². The molecular formula is C50H76NNaO12. The molecule has 0 aliphatic carbocycles. The second-order valence-electron chi connectivity index (χ2n) is 20.1. The number of aliphatic hydroxyl groups excluding tert-OH is 1. The van der Waals surface area contributed by atoms with Crippen molar-refractivity contribution < 1.29 is 87.7 Å². The van der Waals surface area contributed by atoms with E-state index < -0.39 is 89.0 Å². The number of carboxylic acid groups (broad SMARTS) is 1. The van der Waals surface area contributed by atoms with Crippen LogP contribution >= 0.6 is 0 Å². The number of carbonyl (C=O) groups is 3. The largest absolute Gasteiger partial charge is 1.00 e. The smallest absolute Gasteiger partial charge is 0.550 e. The number of carboxylic acids is 1. The zero-order chi connectivity index (χ0) is 46.2. The zero-order valence-corrected chi connectivity index (χ0v) is 42.6. The third-order valence-electron chi connectivity index (χ3n) is 16.1. The summed E-state index contributed by atoms with van der Waals surface area (Å²) in [6.45, 7) is 19.5. The van der Waals surface area contributed by atoms with E-state index in [1.54, 1.807) is 38.3 Å². The van der Waals surface area contributed by atoms with Crippen LogP contribution in [0.15, 0.2) is 36.4 Å². The van der Waals surface area contributed by atoms with Gasteiger partial charge in [0.2, 0.25) is 0 Å². The van der Waals surface area contributed by atoms with Crippen LogP contribution in [0.1, 0.15) is 144 Å². The number of ketones is 1. The number of hydrogen-bond donors (Lipinski definition) is 3. The first-order chi connectivity index (χ1) is 29.7. The van der Waals surface area contributed by atoms with Gasteiger partial charge in [-0.2, -0.15) is 0 Å². The van der Waals surface area contributed by atoms with Gasteiger partial charge in [-0.1, -0.05) is 67.5 Å². The van der Waals surface area contributed by atoms with Gasteiger partial charge in [0.25, 0.3) is 5.91 Å². The van der Waals surface area contributed by atoms with Crippen LogP contribution in [-0.2, 0) is 33.3 Å². The molecule has 2 spiro atoms. The van der Waals surface area contributed by atoms with Gasteiger partial charge in [0.05, 0.1) is 54.9 Å². The minimum Gasteiger partial charge on any atom is -0.550 e. The summed E-state index contributed by atoms with van der Waals surface area (Å²) in [6, 6.07) is 6.22. The van der Waals surface area contributed by atoms with Crippen LogP contribution in [0, 0.1) is 41.4 Å². The summed E-state index contributed by atoms with van der Waals surface area (Å²) in [5, 5.41) is 38.3. The maximum Gasteiger partial charge on any atom is 1.00 e. The van der Waals surface area contributed by atoms with Gasteiger partial charge >= 0.3 is 29.6 Å². The Morgan fingerprint density at radius 3 is 2.27 bits per heavy atom. The number of nitrogens with one attached hydrogen (secondary N) is 1. The SMILES string of the molecule is CC[C@@H](C(=O)[C@@H](C)[C@@H](O)[C@H](C)[C@@H]1O[C@@H]([C@@H](CC)C(=O)[O-])CC[C@@H]1C)[C@H]1O[C@]2(C=C[C@H](NC(=O)c3cccc(OC)c3)[C@]3(CC[C@@](C)([C@H]4CC[C@](O)(CC)[C@H](C)O4)O3)O2)[C@H](C)C[C@@H]1C.[Na+]. The number of hydrogen-bond acceptors (Lipinski definition) is 12. The number of aliphatic carboxylic acids is 1. The van der Waals surface area contributed by atoms with E-state index in [4.69, 9.17) is 28.4 Å². The van der Waals surface area contributed by atoms with Gasteiger partial charge in [0, 0.05) is 47.5 Å². The molecule has 0 aromatic heterocycles. The Hall–Kier alpha value is -1.91. The van der Waals surface area contributed by atoms with Crippen molar-refractivity contribution in [2.45, 2.75) is 199 Å². The molecule has 1 amide bonds. The van der Waals surface area contributed by atoms with Crippen molar-refractivity contribution in [2.24, 2.45) is 41.4 Å². The molecule has 0 unspecified atom stereocenters. The Morgan fingerprint density at radius 2 is 1.64 bits per heavy atom. The molecule has 1 aromatic rings. The van der Waals surface area contributed by atoms with Crippen LogP contribution in [0.25, 0.3) is 0 Å². The number of Topliss-reactive ketones (excluding diaryl/α,β-unsaturated/α-hetero) is 1. The first-order valence-electron chi connectivity index (χ1n) is 23.9. The molecule has 13 nitrogen and oxygen atoms in total. The van der Waals surface area contributed by atoms with E-state index in [1.165, 1.54) is 0 Å². The Bertz CT molecular complexity index is 1810. The van der Waals surface area contributed by atoms with E-state index in [0.717, 1.165) is 6.42 Å². The van der Waals surface area contributed by atoms with Gasteiger partial charge in [-0.25, -0.2) is 0 Å². The van der Waals surface area contributed by atoms with Crippen LogP contribution in [0.3, 0.4) is 0 Å². The number of benzene rings is 1. The van der Waals surface area contributed by atoms with Crippen molar-refractivity contribution >= 4 is 17.7 Å². The molecule has 18 atom stereocenters. The fourth-order valence-electron chi connectivity index (χ4n) is 11.6. The van der Waals surface area contributed by atoms with Gasteiger partial charge in [-0.15, -0.1) is 0 Å². The van der Waals surface area contributed by atoms with E-state index in [1.807, 2.05) is 60.6 Å². The molecule has 64 heavy (non-hydrogen) atoms. The third kappa shape index (κ3) is 10.4. The summed E-state index contributed by atoms with van der Waals surface area (Å²) >= 11 is 0. The zero-order valence-electron chi connectivity index (χ0n) is 40.6. The van der Waals surface area contributed by atoms with E-state index in [9.17, 15) is 29.7 Å². The monoisotopic (exact) mass is 906 g/mol. The van der Waals surface area contributed by atoms with E-state index in [2.05, 4.69) is 19.2 Å². The van der Waals surface area contributed by atoms with Crippen molar-refractivity contribution in [1.82, 2.24) is 5.32 Å². The summed E-state index contributed by atoms with van der Waals surface area (Å²) < 4.78 is 40.0. The average molecular weight is 906 g/mol. The molecule has 14 heteroatoms. The molecule has 0 bridgehead atoms. The summed E-state index contributed by atoms with van der Waals surface area (Å²) in [7, 11) is 1.55. The van der Waals surface area contributed by atoms with Crippen molar-refractivity contribution in [3.8, 4) is 5.75 Å². The van der Waals surface area contributed by atoms with E-state index in [-0.39, 0.29) is 65.1 Å². The molecule has 6 rings (SSSR count). The van der Waals surface area contributed by atoms with Gasteiger partial charge in [-0.3, -0.25) is 9.59 Å². The molecular weight excluding hydrogens is 830 g/mol. The topological polar surface area (TPSA) is 182 Å². The maximum atomic E-state index is 14.7. The Labute approximate surface area is 403 Å². The normalized spacial score (nSPS) is 39.9. The average Bonchev–Trinajstić information content (AvgIpc) is 3.61. The van der Waals surface area contributed by atoms with Crippen molar-refractivity contribution in [2.75, 3.05) is 7.11 Å². The van der Waals surface area contributed by atoms with Crippen molar-refractivity contribution in [3.05, 3.63) is 42.0 Å². The molecule has 0 saturated carbocycles. The second kappa shape index (κ2) is 21.2. The number of ether oxygens (including phenoxy) is 6. The second-order valence-corrected chi connectivity index (χ2v) is 20.1. The summed E-state index contributed by atoms with van der Waals surface area (Å²) in [5.74, 6) is -6.38. The molecule has 354 valence electrons. The Kier molecular flexibility index (Phi) is 17.5. The Balaban J connectivity index is 0.00000771. The van der Waals surface area contributed by atoms with Crippen molar-refractivity contribution in [3.63, 3.8) is 0 Å². The van der Waals surface area contributed by atoms with E-state index in [0.29, 0.717) is 69.1 Å². The molecule has 1 aromatic carbocycles. The van der Waals surface area contributed by atoms with Gasteiger partial charge in [-0.05, 0) is 108 Å². The predicted molar refractivity (Wildman–Crippen MR) is 234 cm³/mol. The minimum atomic E-state index is -1.38. The van der Waals surface area contributed by atoms with Crippen LogP contribution in [-0.4, -0.2) is 100 Å². The molecule has 5 heterocycles. The fraction of sp³-hybridized carbons (Fsp3) is 0.780. The Morgan fingerprint density at radius 1 is 0.938 bits per heavy atom. The van der Waals surface area contributed by atoms with Crippen molar-refractivity contribution in [1.29, 1.82) is 0 Å². The van der Waals surface area contributed by atoms with Crippen LogP contribution in [0.5, 0.6) is 5.75 Å². The number of aliphatic hydroxyl groups is 2. The number of rotatable bonds is 15. The molecule has 3 N–H and O–H groups in total. The first-order valence-corrected chi connectivity index (χ1v) is 23.9. The number of methoxy groups -OCH3 is 1. The molecule has 5 aliphatic heterocycles. The molecule has 0 radical (unpaired) electrons. The maximum absolute atomic E-state index is 14.7. The van der Waals surface area contributed by atoms with Crippen LogP contribution in [0.2, 0.25) is 0 Å². The van der Waals surface area contributed by atoms with Crippen LogP contribution < -0.4 is 44.7 Å². The third-order valence-corrected chi connectivity index (χ3v) is 16.1. The fourth-order valence-corrected chi connectivity index (χ4v) is 11.6. The van der Waals surface area contributed by atoms with E-state index >= 15 is 0 Å². The summed E-state index contributed by atoms with van der Waals surface area (Å²) in [5.41, 5.74) is -1.34. The molecule has 4 fully saturated rings. The molecule has 5 aliphatic rings. The summed E-state index contributed by atoms with van der Waals surface area (Å²) in [4.78, 5) is 40.6. The minimum absolute atomic E-state index is 0. The predicted octanol–water partition coefficient (Wildman–Crippen LogP) is 3.30. The summed E-state index contributed by atoms with van der Waals surface area (Å²) in [6.07, 6.45) is 6.06. The number of amides is 1. The van der Waals surface area contributed by atoms with Gasteiger partial charge < -0.3 is 53.9 Å². The van der Waals surface area contributed by atoms with Gasteiger partial charge in [0.1, 0.15) is 17.6 Å².